The van der Waals surface area contributed by atoms with E-state index in [1.807, 2.05) is 6.07 Å². The van der Waals surface area contributed by atoms with E-state index in [0.717, 1.165) is 10.9 Å². The Hall–Kier alpha value is -4.12. The van der Waals surface area contributed by atoms with Gasteiger partial charge in [0.2, 0.25) is 10.0 Å². The molecular formula is C20H19F2N7O4S. The molecule has 1 amide bonds. The number of anilines is 2. The maximum Gasteiger partial charge on any atom is 0.413 e. The average molecular weight is 491 g/mol. The van der Waals surface area contributed by atoms with Crippen LogP contribution in [0.4, 0.5) is 25.1 Å². The van der Waals surface area contributed by atoms with Gasteiger partial charge in [-0.25, -0.2) is 31.7 Å². The minimum atomic E-state index is -3.54. The second kappa shape index (κ2) is 10.2. The van der Waals surface area contributed by atoms with Crippen LogP contribution in [0, 0.1) is 18.3 Å². The number of alkyl halides is 2. The molecule has 0 aliphatic heterocycles. The molecule has 1 aromatic carbocycles. The number of hydrogen-bond donors (Lipinski definition) is 2. The highest BCUT2D eigenvalue weighted by Crippen LogP contribution is 2.29. The van der Waals surface area contributed by atoms with E-state index in [2.05, 4.69) is 25.3 Å². The number of aromatic nitrogens is 4. The van der Waals surface area contributed by atoms with E-state index in [9.17, 15) is 22.0 Å². The number of hydrogen-bond acceptors (Lipinski definition) is 8. The standard InChI is InChI=1S/C20H19F2N7O4S/c1-12-14(27-34(2,31)32)8-9-15(24-12)16-19(29(11-10-23)28-26-16)25-20(30)33-17(18(21)22)13-6-4-3-5-7-13/h3-9,17-18,27H,11H2,1-2H3,(H,25,30)/t17-/m0/s1. The number of nitrogens with zero attached hydrogens (tertiary/aromatic N) is 5. The smallest absolute Gasteiger partial charge is 0.413 e. The second-order valence-electron chi connectivity index (χ2n) is 7.00. The van der Waals surface area contributed by atoms with Crippen molar-refractivity contribution in [3.63, 3.8) is 0 Å². The molecule has 0 saturated heterocycles. The van der Waals surface area contributed by atoms with Crippen molar-refractivity contribution >= 4 is 27.6 Å². The fourth-order valence-electron chi connectivity index (χ4n) is 2.94. The van der Waals surface area contributed by atoms with Gasteiger partial charge in [0.05, 0.1) is 29.4 Å². The van der Waals surface area contributed by atoms with E-state index >= 15 is 0 Å². The Morgan fingerprint density at radius 2 is 1.94 bits per heavy atom. The summed E-state index contributed by atoms with van der Waals surface area (Å²) in [6, 6.07) is 12.2. The molecular weight excluding hydrogens is 472 g/mol. The van der Waals surface area contributed by atoms with E-state index in [0.29, 0.717) is 5.69 Å². The van der Waals surface area contributed by atoms with Crippen molar-refractivity contribution < 1.29 is 26.7 Å². The lowest BCUT2D eigenvalue weighted by molar-refractivity contribution is -0.0143. The molecule has 0 radical (unpaired) electrons. The average Bonchev–Trinajstić information content (AvgIpc) is 3.15. The number of benzene rings is 1. The van der Waals surface area contributed by atoms with E-state index in [1.54, 1.807) is 13.0 Å². The van der Waals surface area contributed by atoms with Crippen LogP contribution in [0.5, 0.6) is 0 Å². The summed E-state index contributed by atoms with van der Waals surface area (Å²) in [6.07, 6.45) is -5.05. The van der Waals surface area contributed by atoms with Crippen molar-refractivity contribution in [1.82, 2.24) is 20.0 Å². The van der Waals surface area contributed by atoms with E-state index in [1.165, 1.54) is 36.4 Å². The molecule has 1 atom stereocenters. The summed E-state index contributed by atoms with van der Waals surface area (Å²) in [5.74, 6) is -0.108. The number of halogens is 2. The van der Waals surface area contributed by atoms with Gasteiger partial charge in [-0.3, -0.25) is 10.0 Å². The fraction of sp³-hybridized carbons (Fsp3) is 0.250. The van der Waals surface area contributed by atoms with E-state index in [4.69, 9.17) is 10.00 Å². The van der Waals surface area contributed by atoms with Gasteiger partial charge in [0.1, 0.15) is 6.54 Å². The molecule has 2 heterocycles. The van der Waals surface area contributed by atoms with Gasteiger partial charge in [0.15, 0.2) is 17.6 Å². The zero-order valence-electron chi connectivity index (χ0n) is 17.9. The van der Waals surface area contributed by atoms with Crippen LogP contribution in [-0.2, 0) is 21.3 Å². The lowest BCUT2D eigenvalue weighted by Crippen LogP contribution is -2.23. The number of carbonyl (C=O) groups excluding carboxylic acids is 1. The lowest BCUT2D eigenvalue weighted by atomic mass is 10.1. The Bertz CT molecular complexity index is 1320. The molecule has 34 heavy (non-hydrogen) atoms. The Morgan fingerprint density at radius 3 is 2.53 bits per heavy atom. The number of carbonyl (C=O) groups is 1. The van der Waals surface area contributed by atoms with Crippen LogP contribution < -0.4 is 10.0 Å². The predicted octanol–water partition coefficient (Wildman–Crippen LogP) is 3.10. The van der Waals surface area contributed by atoms with Crippen LogP contribution in [0.15, 0.2) is 42.5 Å². The molecule has 14 heteroatoms. The van der Waals surface area contributed by atoms with Crippen LogP contribution in [0.2, 0.25) is 0 Å². The maximum atomic E-state index is 13.5. The highest BCUT2D eigenvalue weighted by molar-refractivity contribution is 7.92. The molecule has 0 aliphatic carbocycles. The number of ether oxygens (including phenoxy) is 1. The van der Waals surface area contributed by atoms with Gasteiger partial charge in [-0.2, -0.15) is 5.26 Å². The number of aryl methyl sites for hydroxylation is 1. The first kappa shape index (κ1) is 24.5. The van der Waals surface area contributed by atoms with Crippen molar-refractivity contribution in [2.75, 3.05) is 16.3 Å². The molecule has 2 aromatic heterocycles. The van der Waals surface area contributed by atoms with Crippen LogP contribution in [0.25, 0.3) is 11.4 Å². The number of rotatable bonds is 8. The summed E-state index contributed by atoms with van der Waals surface area (Å²) >= 11 is 0. The summed E-state index contributed by atoms with van der Waals surface area (Å²) in [4.78, 5) is 16.8. The summed E-state index contributed by atoms with van der Waals surface area (Å²) < 4.78 is 58.3. The van der Waals surface area contributed by atoms with Crippen molar-refractivity contribution in [3.8, 4) is 17.5 Å². The largest absolute Gasteiger partial charge is 0.435 e. The van der Waals surface area contributed by atoms with Gasteiger partial charge in [0, 0.05) is 0 Å². The topological polar surface area (TPSA) is 152 Å². The van der Waals surface area contributed by atoms with Gasteiger partial charge < -0.3 is 4.74 Å². The molecule has 0 aliphatic rings. The van der Waals surface area contributed by atoms with Crippen molar-refractivity contribution in [3.05, 3.63) is 53.7 Å². The number of amides is 1. The molecule has 178 valence electrons. The monoisotopic (exact) mass is 491 g/mol. The molecule has 0 saturated carbocycles. The third kappa shape index (κ3) is 6.01. The minimum absolute atomic E-state index is 0.0227. The highest BCUT2D eigenvalue weighted by Gasteiger charge is 2.28. The van der Waals surface area contributed by atoms with E-state index in [-0.39, 0.29) is 35.0 Å². The summed E-state index contributed by atoms with van der Waals surface area (Å²) in [6.45, 7) is 1.23. The van der Waals surface area contributed by atoms with Crippen LogP contribution in [0.1, 0.15) is 17.4 Å². The molecule has 11 nitrogen and oxygen atoms in total. The third-order valence-electron chi connectivity index (χ3n) is 4.39. The highest BCUT2D eigenvalue weighted by atomic mass is 32.2. The first-order chi connectivity index (χ1) is 16.1. The maximum absolute atomic E-state index is 13.5. The second-order valence-corrected chi connectivity index (χ2v) is 8.75. The fourth-order valence-corrected chi connectivity index (χ4v) is 3.55. The quantitative estimate of drug-likeness (QED) is 0.488. The van der Waals surface area contributed by atoms with E-state index < -0.39 is 28.6 Å². The van der Waals surface area contributed by atoms with Crippen molar-refractivity contribution in [2.24, 2.45) is 0 Å². The van der Waals surface area contributed by atoms with Gasteiger partial charge in [0.25, 0.3) is 6.43 Å². The summed E-state index contributed by atoms with van der Waals surface area (Å²) in [7, 11) is -3.54. The molecule has 0 fully saturated rings. The molecule has 3 rings (SSSR count). The number of sulfonamides is 1. The Kier molecular flexibility index (Phi) is 7.37. The van der Waals surface area contributed by atoms with Crippen LogP contribution in [-0.4, -0.2) is 47.2 Å². The number of pyridine rings is 1. The molecule has 0 spiro atoms. The Labute approximate surface area is 193 Å². The van der Waals surface area contributed by atoms with Crippen LogP contribution >= 0.6 is 0 Å². The van der Waals surface area contributed by atoms with Gasteiger partial charge in [-0.1, -0.05) is 35.5 Å². The van der Waals surface area contributed by atoms with Crippen LogP contribution in [0.3, 0.4) is 0 Å². The molecule has 0 unspecified atom stereocenters. The summed E-state index contributed by atoms with van der Waals surface area (Å²) in [5.41, 5.74) is 0.835. The summed E-state index contributed by atoms with van der Waals surface area (Å²) in [5, 5.41) is 19.1. The van der Waals surface area contributed by atoms with Crippen molar-refractivity contribution in [2.45, 2.75) is 26.0 Å². The number of nitrogens with one attached hydrogen (secondary N) is 2. The Balaban J connectivity index is 1.90. The van der Waals surface area contributed by atoms with Gasteiger partial charge in [-0.05, 0) is 24.6 Å². The molecule has 0 bridgehead atoms. The molecule has 3 aromatic rings. The molecule has 2 N–H and O–H groups in total. The van der Waals surface area contributed by atoms with Gasteiger partial charge in [-0.15, -0.1) is 5.10 Å². The third-order valence-corrected chi connectivity index (χ3v) is 4.98. The predicted molar refractivity (Wildman–Crippen MR) is 117 cm³/mol. The first-order valence-corrected chi connectivity index (χ1v) is 11.5. The SMILES string of the molecule is Cc1nc(-c2nnn(CC#N)c2NC(=O)O[C@@H](c2ccccc2)C(F)F)ccc1NS(C)(=O)=O. The zero-order chi connectivity index (χ0) is 24.9. The van der Waals surface area contributed by atoms with Gasteiger partial charge >= 0.3 is 6.09 Å². The zero-order valence-corrected chi connectivity index (χ0v) is 18.8. The first-order valence-electron chi connectivity index (χ1n) is 9.66. The minimum Gasteiger partial charge on any atom is -0.435 e. The number of nitriles is 1. The lowest BCUT2D eigenvalue weighted by Gasteiger charge is -2.18. The normalized spacial score (nSPS) is 12.1. The van der Waals surface area contributed by atoms with Crippen molar-refractivity contribution in [1.29, 1.82) is 5.26 Å². The Morgan fingerprint density at radius 1 is 1.24 bits per heavy atom.